The Morgan fingerprint density at radius 3 is 2.73 bits per heavy atom. The molecular formula is C16H14N2O4. The summed E-state index contributed by atoms with van der Waals surface area (Å²) in [5.41, 5.74) is 2.47. The maximum absolute atomic E-state index is 10.8. The van der Waals surface area contributed by atoms with Crippen LogP contribution in [0, 0.1) is 10.1 Å². The van der Waals surface area contributed by atoms with Crippen LogP contribution in [0.2, 0.25) is 0 Å². The van der Waals surface area contributed by atoms with E-state index < -0.39 is 4.92 Å². The van der Waals surface area contributed by atoms with Gasteiger partial charge >= 0.3 is 0 Å². The van der Waals surface area contributed by atoms with Crippen molar-refractivity contribution < 1.29 is 14.5 Å². The molecule has 0 N–H and O–H groups in total. The van der Waals surface area contributed by atoms with Crippen molar-refractivity contribution in [2.75, 3.05) is 7.11 Å². The number of nitrogens with zero attached hydrogens (tertiary/aromatic N) is 2. The summed E-state index contributed by atoms with van der Waals surface area (Å²) in [5.74, 6) is 0.779. The van der Waals surface area contributed by atoms with Crippen molar-refractivity contribution in [3.05, 3.63) is 69.8 Å². The lowest BCUT2D eigenvalue weighted by molar-refractivity contribution is -0.384. The van der Waals surface area contributed by atoms with E-state index >= 15 is 0 Å². The largest absolute Gasteiger partial charge is 0.497 e. The Hall–Kier alpha value is -2.89. The predicted molar refractivity (Wildman–Crippen MR) is 81.1 cm³/mol. The molecule has 0 fully saturated rings. The molecule has 0 amide bonds. The highest BCUT2D eigenvalue weighted by atomic mass is 16.6. The van der Waals surface area contributed by atoms with Crippen molar-refractivity contribution in [1.29, 1.82) is 0 Å². The Balaban J connectivity index is 1.76. The summed E-state index contributed by atoms with van der Waals surface area (Å²) < 4.78 is 5.12. The number of methoxy groups -OCH3 is 1. The molecular weight excluding hydrogens is 284 g/mol. The minimum Gasteiger partial charge on any atom is -0.497 e. The highest BCUT2D eigenvalue weighted by Crippen LogP contribution is 2.31. The number of hydrogen-bond acceptors (Lipinski definition) is 5. The summed E-state index contributed by atoms with van der Waals surface area (Å²) in [6.07, 6.45) is 0.396. The number of ether oxygens (including phenoxy) is 1. The number of non-ortho nitro benzene ring substituents is 1. The zero-order chi connectivity index (χ0) is 15.5. The quantitative estimate of drug-likeness (QED) is 0.640. The van der Waals surface area contributed by atoms with E-state index in [0.717, 1.165) is 11.3 Å². The van der Waals surface area contributed by atoms with Crippen LogP contribution in [0.25, 0.3) is 0 Å². The van der Waals surface area contributed by atoms with Gasteiger partial charge < -0.3 is 9.57 Å². The number of hydrogen-bond donors (Lipinski definition) is 0. The number of rotatable bonds is 4. The molecule has 0 radical (unpaired) electrons. The number of nitro groups is 1. The molecule has 2 aromatic rings. The molecule has 0 aromatic heterocycles. The second kappa shape index (κ2) is 5.85. The Kier molecular flexibility index (Phi) is 3.74. The SMILES string of the molecule is COc1ccc(C2CC(c3cccc([N+](=O)[O-])c3)=NO2)cc1. The van der Waals surface area contributed by atoms with E-state index in [0.29, 0.717) is 17.7 Å². The maximum atomic E-state index is 10.8. The van der Waals surface area contributed by atoms with Gasteiger partial charge in [-0.15, -0.1) is 0 Å². The molecule has 112 valence electrons. The van der Waals surface area contributed by atoms with Crippen LogP contribution in [-0.4, -0.2) is 17.7 Å². The molecule has 1 unspecified atom stereocenters. The average Bonchev–Trinajstić information content (AvgIpc) is 3.05. The summed E-state index contributed by atoms with van der Waals surface area (Å²) in [6, 6.07) is 14.0. The topological polar surface area (TPSA) is 74.0 Å². The van der Waals surface area contributed by atoms with Gasteiger partial charge in [-0.25, -0.2) is 0 Å². The van der Waals surface area contributed by atoms with Crippen molar-refractivity contribution in [3.8, 4) is 5.75 Å². The molecule has 1 aliphatic rings. The Bertz CT molecular complexity index is 725. The minimum absolute atomic E-state index is 0.0492. The molecule has 0 saturated heterocycles. The fourth-order valence-electron chi connectivity index (χ4n) is 2.34. The first-order valence-electron chi connectivity index (χ1n) is 6.79. The Morgan fingerprint density at radius 1 is 1.27 bits per heavy atom. The standard InChI is InChI=1S/C16H14N2O4/c1-21-14-7-5-11(6-8-14)16-10-15(17-22-16)12-3-2-4-13(9-12)18(19)20/h2-9,16H,10H2,1H3. The lowest BCUT2D eigenvalue weighted by Gasteiger charge is -2.09. The molecule has 1 aliphatic heterocycles. The van der Waals surface area contributed by atoms with E-state index in [1.807, 2.05) is 24.3 Å². The van der Waals surface area contributed by atoms with Gasteiger partial charge in [0.05, 0.1) is 17.7 Å². The first-order chi connectivity index (χ1) is 10.7. The van der Waals surface area contributed by atoms with Crippen molar-refractivity contribution in [2.24, 2.45) is 5.16 Å². The van der Waals surface area contributed by atoms with Crippen LogP contribution < -0.4 is 4.74 Å². The second-order valence-corrected chi connectivity index (χ2v) is 4.92. The monoisotopic (exact) mass is 298 g/mol. The summed E-state index contributed by atoms with van der Waals surface area (Å²) in [4.78, 5) is 15.9. The molecule has 1 heterocycles. The van der Waals surface area contributed by atoms with Crippen LogP contribution in [0.1, 0.15) is 23.7 Å². The van der Waals surface area contributed by atoms with Crippen molar-refractivity contribution in [3.63, 3.8) is 0 Å². The van der Waals surface area contributed by atoms with Crippen LogP contribution in [0.15, 0.2) is 53.7 Å². The van der Waals surface area contributed by atoms with Gasteiger partial charge in [-0.1, -0.05) is 29.4 Å². The summed E-state index contributed by atoms with van der Waals surface area (Å²) in [7, 11) is 1.62. The van der Waals surface area contributed by atoms with E-state index in [4.69, 9.17) is 9.57 Å². The summed E-state index contributed by atoms with van der Waals surface area (Å²) >= 11 is 0. The van der Waals surface area contributed by atoms with Gasteiger partial charge in [-0.3, -0.25) is 10.1 Å². The molecule has 1 atom stereocenters. The molecule has 3 rings (SSSR count). The number of benzene rings is 2. The molecule has 0 spiro atoms. The molecule has 0 saturated carbocycles. The molecule has 0 aliphatic carbocycles. The van der Waals surface area contributed by atoms with Crippen LogP contribution in [0.4, 0.5) is 5.69 Å². The van der Waals surface area contributed by atoms with Crippen LogP contribution in [0.3, 0.4) is 0 Å². The Morgan fingerprint density at radius 2 is 2.05 bits per heavy atom. The zero-order valence-electron chi connectivity index (χ0n) is 11.9. The van der Waals surface area contributed by atoms with Gasteiger partial charge in [0.15, 0.2) is 6.10 Å². The highest BCUT2D eigenvalue weighted by Gasteiger charge is 2.24. The van der Waals surface area contributed by atoms with Gasteiger partial charge in [-0.2, -0.15) is 0 Å². The minimum atomic E-state index is -0.416. The first-order valence-corrected chi connectivity index (χ1v) is 6.79. The van der Waals surface area contributed by atoms with Gasteiger partial charge in [0.2, 0.25) is 0 Å². The lowest BCUT2D eigenvalue weighted by Crippen LogP contribution is -2.02. The zero-order valence-corrected chi connectivity index (χ0v) is 11.9. The maximum Gasteiger partial charge on any atom is 0.270 e. The molecule has 2 aromatic carbocycles. The second-order valence-electron chi connectivity index (χ2n) is 4.92. The molecule has 6 heteroatoms. The summed E-state index contributed by atoms with van der Waals surface area (Å²) in [5, 5.41) is 14.9. The first kappa shape index (κ1) is 14.1. The third kappa shape index (κ3) is 2.76. The number of oxime groups is 1. The molecule has 6 nitrogen and oxygen atoms in total. The van der Waals surface area contributed by atoms with E-state index in [9.17, 15) is 10.1 Å². The van der Waals surface area contributed by atoms with Gasteiger partial charge in [0, 0.05) is 24.1 Å². The summed E-state index contributed by atoms with van der Waals surface area (Å²) in [6.45, 7) is 0. The van der Waals surface area contributed by atoms with Crippen LogP contribution in [0.5, 0.6) is 5.75 Å². The third-order valence-corrected chi connectivity index (χ3v) is 3.55. The third-order valence-electron chi connectivity index (χ3n) is 3.55. The molecule has 0 bridgehead atoms. The van der Waals surface area contributed by atoms with E-state index in [1.165, 1.54) is 12.1 Å². The Labute approximate surface area is 127 Å². The van der Waals surface area contributed by atoms with Crippen LogP contribution in [-0.2, 0) is 4.84 Å². The average molecular weight is 298 g/mol. The van der Waals surface area contributed by atoms with E-state index in [-0.39, 0.29) is 11.8 Å². The van der Waals surface area contributed by atoms with Gasteiger partial charge in [0.25, 0.3) is 5.69 Å². The van der Waals surface area contributed by atoms with E-state index in [1.54, 1.807) is 19.2 Å². The van der Waals surface area contributed by atoms with E-state index in [2.05, 4.69) is 5.16 Å². The smallest absolute Gasteiger partial charge is 0.270 e. The highest BCUT2D eigenvalue weighted by molar-refractivity contribution is 6.01. The normalized spacial score (nSPS) is 16.8. The van der Waals surface area contributed by atoms with Crippen LogP contribution >= 0.6 is 0 Å². The molecule has 22 heavy (non-hydrogen) atoms. The lowest BCUT2D eigenvalue weighted by atomic mass is 10.00. The number of nitro benzene ring substituents is 1. The van der Waals surface area contributed by atoms with Gasteiger partial charge in [-0.05, 0) is 17.7 Å². The fourth-order valence-corrected chi connectivity index (χ4v) is 2.34. The van der Waals surface area contributed by atoms with Gasteiger partial charge in [0.1, 0.15) is 5.75 Å². The van der Waals surface area contributed by atoms with Crippen molar-refractivity contribution in [1.82, 2.24) is 0 Å². The van der Waals surface area contributed by atoms with Crippen molar-refractivity contribution in [2.45, 2.75) is 12.5 Å². The van der Waals surface area contributed by atoms with Crippen molar-refractivity contribution >= 4 is 11.4 Å². The fraction of sp³-hybridized carbons (Fsp3) is 0.188. The predicted octanol–water partition coefficient (Wildman–Crippen LogP) is 3.47.